The number of benzene rings is 2. The van der Waals surface area contributed by atoms with Gasteiger partial charge in [0.15, 0.2) is 5.69 Å². The predicted molar refractivity (Wildman–Crippen MR) is 117 cm³/mol. The van der Waals surface area contributed by atoms with Crippen LogP contribution in [-0.4, -0.2) is 20.7 Å². The van der Waals surface area contributed by atoms with Crippen molar-refractivity contribution in [1.29, 1.82) is 0 Å². The minimum atomic E-state index is -4.82. The van der Waals surface area contributed by atoms with Crippen molar-refractivity contribution in [2.75, 3.05) is 5.32 Å². The number of halogens is 4. The minimum Gasteiger partial charge on any atom is -0.487 e. The second kappa shape index (κ2) is 9.33. The number of nitrogens with one attached hydrogen (secondary N) is 1. The summed E-state index contributed by atoms with van der Waals surface area (Å²) >= 11 is 5.82. The van der Waals surface area contributed by atoms with Gasteiger partial charge in [-0.3, -0.25) is 9.78 Å². The van der Waals surface area contributed by atoms with Crippen molar-refractivity contribution in [3.8, 4) is 11.4 Å². The Hall–Kier alpha value is -3.85. The number of aromatic nitrogens is 3. The fourth-order valence-electron chi connectivity index (χ4n) is 3.07. The number of anilines is 1. The highest BCUT2D eigenvalue weighted by Gasteiger charge is 2.40. The SMILES string of the molecule is O=C(Nc1cccc(OCc2ccccn2)c1)c1cnn(-c2ccc(Cl)cc2)c1C(F)(F)F. The van der Waals surface area contributed by atoms with Gasteiger partial charge in [0, 0.05) is 23.0 Å². The van der Waals surface area contributed by atoms with E-state index in [1.807, 2.05) is 6.07 Å². The fraction of sp³-hybridized carbons (Fsp3) is 0.0870. The van der Waals surface area contributed by atoms with Crippen LogP contribution in [0.1, 0.15) is 21.7 Å². The molecular weight excluding hydrogens is 457 g/mol. The second-order valence-corrected chi connectivity index (χ2v) is 7.32. The smallest absolute Gasteiger partial charge is 0.434 e. The van der Waals surface area contributed by atoms with Gasteiger partial charge in [-0.25, -0.2) is 4.68 Å². The third-order valence-electron chi connectivity index (χ3n) is 4.56. The van der Waals surface area contributed by atoms with Crippen LogP contribution in [0.3, 0.4) is 0 Å². The number of carbonyl (C=O) groups is 1. The summed E-state index contributed by atoms with van der Waals surface area (Å²) in [5, 5.41) is 6.62. The van der Waals surface area contributed by atoms with E-state index in [0.29, 0.717) is 21.1 Å². The normalized spacial score (nSPS) is 11.3. The van der Waals surface area contributed by atoms with E-state index in [1.165, 1.54) is 30.3 Å². The maximum absolute atomic E-state index is 13.8. The van der Waals surface area contributed by atoms with Crippen LogP contribution in [0.5, 0.6) is 5.75 Å². The van der Waals surface area contributed by atoms with Crippen molar-refractivity contribution in [3.05, 3.63) is 101 Å². The molecule has 6 nitrogen and oxygen atoms in total. The molecule has 0 saturated carbocycles. The molecule has 0 radical (unpaired) electrons. The molecule has 0 atom stereocenters. The van der Waals surface area contributed by atoms with Crippen LogP contribution < -0.4 is 10.1 Å². The lowest BCUT2D eigenvalue weighted by Gasteiger charge is -2.13. The van der Waals surface area contributed by atoms with Gasteiger partial charge in [-0.15, -0.1) is 0 Å². The summed E-state index contributed by atoms with van der Waals surface area (Å²) < 4.78 is 47.8. The Bertz CT molecular complexity index is 1260. The zero-order chi connectivity index (χ0) is 23.4. The predicted octanol–water partition coefficient (Wildman–Crippen LogP) is 5.77. The zero-order valence-corrected chi connectivity index (χ0v) is 17.6. The number of ether oxygens (including phenoxy) is 1. The van der Waals surface area contributed by atoms with Gasteiger partial charge in [0.25, 0.3) is 5.91 Å². The van der Waals surface area contributed by atoms with E-state index in [1.54, 1.807) is 36.5 Å². The van der Waals surface area contributed by atoms with E-state index in [9.17, 15) is 18.0 Å². The number of carbonyl (C=O) groups excluding carboxylic acids is 1. The van der Waals surface area contributed by atoms with E-state index in [-0.39, 0.29) is 18.0 Å². The number of hydrogen-bond acceptors (Lipinski definition) is 4. The Labute approximate surface area is 191 Å². The van der Waals surface area contributed by atoms with Crippen molar-refractivity contribution in [3.63, 3.8) is 0 Å². The molecule has 0 aliphatic carbocycles. The summed E-state index contributed by atoms with van der Waals surface area (Å²) in [6.45, 7) is 0.199. The fourth-order valence-corrected chi connectivity index (χ4v) is 3.19. The molecule has 168 valence electrons. The number of pyridine rings is 1. The molecule has 2 heterocycles. The van der Waals surface area contributed by atoms with Crippen LogP contribution in [0, 0.1) is 0 Å². The average Bonchev–Trinajstić information content (AvgIpc) is 3.25. The van der Waals surface area contributed by atoms with Gasteiger partial charge in [0.1, 0.15) is 12.4 Å². The van der Waals surface area contributed by atoms with E-state index < -0.39 is 23.3 Å². The van der Waals surface area contributed by atoms with E-state index in [0.717, 1.165) is 6.20 Å². The summed E-state index contributed by atoms with van der Waals surface area (Å²) in [7, 11) is 0. The lowest BCUT2D eigenvalue weighted by Crippen LogP contribution is -2.20. The molecule has 0 fully saturated rings. The van der Waals surface area contributed by atoms with Crippen LogP contribution in [0.4, 0.5) is 18.9 Å². The summed E-state index contributed by atoms with van der Waals surface area (Å²) in [5.41, 5.74) is -0.708. The van der Waals surface area contributed by atoms with Gasteiger partial charge in [0.05, 0.1) is 23.1 Å². The zero-order valence-electron chi connectivity index (χ0n) is 16.9. The quantitative estimate of drug-likeness (QED) is 0.387. The summed E-state index contributed by atoms with van der Waals surface area (Å²) in [5.74, 6) is -0.532. The highest BCUT2D eigenvalue weighted by molar-refractivity contribution is 6.30. The Kier molecular flexibility index (Phi) is 6.32. The maximum atomic E-state index is 13.8. The molecule has 2 aromatic heterocycles. The van der Waals surface area contributed by atoms with Crippen LogP contribution in [0.2, 0.25) is 5.02 Å². The Morgan fingerprint density at radius 3 is 2.55 bits per heavy atom. The number of hydrogen-bond donors (Lipinski definition) is 1. The first kappa shape index (κ1) is 22.3. The van der Waals surface area contributed by atoms with Gasteiger partial charge in [0.2, 0.25) is 0 Å². The molecule has 0 aliphatic rings. The van der Waals surface area contributed by atoms with E-state index in [4.69, 9.17) is 16.3 Å². The van der Waals surface area contributed by atoms with Crippen molar-refractivity contribution in [2.45, 2.75) is 12.8 Å². The largest absolute Gasteiger partial charge is 0.487 e. The molecule has 4 rings (SSSR count). The third kappa shape index (κ3) is 5.32. The second-order valence-electron chi connectivity index (χ2n) is 6.88. The van der Waals surface area contributed by atoms with Crippen LogP contribution in [0.15, 0.2) is 79.1 Å². The summed E-state index contributed by atoms with van der Waals surface area (Å²) in [4.78, 5) is 16.9. The van der Waals surface area contributed by atoms with Gasteiger partial charge in [-0.2, -0.15) is 18.3 Å². The summed E-state index contributed by atoms with van der Waals surface area (Å²) in [6.07, 6.45) is -2.30. The first-order valence-corrected chi connectivity index (χ1v) is 10.0. The molecule has 1 N–H and O–H groups in total. The minimum absolute atomic E-state index is 0.121. The molecule has 0 unspecified atom stereocenters. The van der Waals surface area contributed by atoms with E-state index >= 15 is 0 Å². The number of amides is 1. The number of nitrogens with zero attached hydrogens (tertiary/aromatic N) is 3. The van der Waals surface area contributed by atoms with Gasteiger partial charge >= 0.3 is 6.18 Å². The number of alkyl halides is 3. The highest BCUT2D eigenvalue weighted by Crippen LogP contribution is 2.34. The Balaban J connectivity index is 1.56. The average molecular weight is 473 g/mol. The molecule has 10 heteroatoms. The van der Waals surface area contributed by atoms with Crippen molar-refractivity contribution in [2.24, 2.45) is 0 Å². The molecule has 0 spiro atoms. The van der Waals surface area contributed by atoms with Crippen LogP contribution >= 0.6 is 11.6 Å². The molecule has 1 amide bonds. The Morgan fingerprint density at radius 2 is 1.85 bits per heavy atom. The molecule has 0 aliphatic heterocycles. The van der Waals surface area contributed by atoms with Crippen molar-refractivity contribution < 1.29 is 22.7 Å². The van der Waals surface area contributed by atoms with Gasteiger partial charge < -0.3 is 10.1 Å². The Morgan fingerprint density at radius 1 is 1.06 bits per heavy atom. The molecule has 0 saturated heterocycles. The lowest BCUT2D eigenvalue weighted by molar-refractivity contribution is -0.143. The van der Waals surface area contributed by atoms with Crippen LogP contribution in [0.25, 0.3) is 5.69 Å². The lowest BCUT2D eigenvalue weighted by atomic mass is 10.2. The molecule has 4 aromatic rings. The molecule has 2 aromatic carbocycles. The topological polar surface area (TPSA) is 69.0 Å². The van der Waals surface area contributed by atoms with Crippen LogP contribution in [-0.2, 0) is 12.8 Å². The number of rotatable bonds is 6. The molecular formula is C23H16ClF3N4O2. The monoisotopic (exact) mass is 472 g/mol. The molecule has 33 heavy (non-hydrogen) atoms. The van der Waals surface area contributed by atoms with E-state index in [2.05, 4.69) is 15.4 Å². The maximum Gasteiger partial charge on any atom is 0.434 e. The molecule has 0 bridgehead atoms. The highest BCUT2D eigenvalue weighted by atomic mass is 35.5. The summed E-state index contributed by atoms with van der Waals surface area (Å²) in [6, 6.07) is 17.4. The standard InChI is InChI=1S/C23H16ClF3N4O2/c24-15-7-9-18(10-8-15)31-21(23(25,26)27)20(13-29-31)22(32)30-16-5-3-6-19(12-16)33-14-17-4-1-2-11-28-17/h1-13H,14H2,(H,30,32). The van der Waals surface area contributed by atoms with Crippen molar-refractivity contribution in [1.82, 2.24) is 14.8 Å². The van der Waals surface area contributed by atoms with Crippen molar-refractivity contribution >= 4 is 23.2 Å². The first-order chi connectivity index (χ1) is 15.8. The van der Waals surface area contributed by atoms with Gasteiger partial charge in [-0.1, -0.05) is 23.7 Å². The van der Waals surface area contributed by atoms with Gasteiger partial charge in [-0.05, 0) is 48.5 Å². The first-order valence-electron chi connectivity index (χ1n) is 9.66. The third-order valence-corrected chi connectivity index (χ3v) is 4.81.